The van der Waals surface area contributed by atoms with E-state index in [0.717, 1.165) is 24.3 Å². The molecule has 0 spiro atoms. The number of halogens is 1. The molecule has 116 valence electrons. The Morgan fingerprint density at radius 3 is 2.52 bits per heavy atom. The SMILES string of the molecule is CC(N)CCC(=O)NCC1(c2ccc(Cl)cc2)CCCC1. The Hall–Kier alpha value is -1.06. The molecular formula is C17H25ClN2O. The molecule has 1 amide bonds. The molecule has 0 aromatic heterocycles. The molecule has 3 nitrogen and oxygen atoms in total. The third kappa shape index (κ3) is 4.45. The molecule has 1 aromatic rings. The fourth-order valence-corrected chi connectivity index (χ4v) is 3.26. The number of nitrogens with one attached hydrogen (secondary N) is 1. The van der Waals surface area contributed by atoms with Gasteiger partial charge in [-0.05, 0) is 43.9 Å². The third-order valence-electron chi connectivity index (χ3n) is 4.47. The normalized spacial score (nSPS) is 18.4. The van der Waals surface area contributed by atoms with Crippen LogP contribution in [-0.4, -0.2) is 18.5 Å². The lowest BCUT2D eigenvalue weighted by Crippen LogP contribution is -2.39. The maximum atomic E-state index is 11.9. The predicted octanol–water partition coefficient (Wildman–Crippen LogP) is 3.40. The molecule has 3 N–H and O–H groups in total. The van der Waals surface area contributed by atoms with Crippen LogP contribution in [0.15, 0.2) is 24.3 Å². The second-order valence-electron chi connectivity index (χ2n) is 6.29. The van der Waals surface area contributed by atoms with Gasteiger partial charge in [-0.1, -0.05) is 36.6 Å². The van der Waals surface area contributed by atoms with Crippen LogP contribution in [0.1, 0.15) is 51.0 Å². The van der Waals surface area contributed by atoms with E-state index in [0.29, 0.717) is 13.0 Å². The first-order chi connectivity index (χ1) is 10.0. The summed E-state index contributed by atoms with van der Waals surface area (Å²) in [7, 11) is 0. The van der Waals surface area contributed by atoms with Gasteiger partial charge in [0.05, 0.1) is 0 Å². The number of amides is 1. The fraction of sp³-hybridized carbons (Fsp3) is 0.588. The van der Waals surface area contributed by atoms with Crippen LogP contribution in [0.4, 0.5) is 0 Å². The zero-order valence-electron chi connectivity index (χ0n) is 12.7. The first-order valence-corrected chi connectivity index (χ1v) is 8.18. The van der Waals surface area contributed by atoms with Crippen molar-refractivity contribution in [2.24, 2.45) is 5.73 Å². The lowest BCUT2D eigenvalue weighted by molar-refractivity contribution is -0.121. The topological polar surface area (TPSA) is 55.1 Å². The van der Waals surface area contributed by atoms with E-state index in [9.17, 15) is 4.79 Å². The van der Waals surface area contributed by atoms with E-state index in [1.807, 2.05) is 19.1 Å². The fourth-order valence-electron chi connectivity index (χ4n) is 3.14. The maximum Gasteiger partial charge on any atom is 0.220 e. The van der Waals surface area contributed by atoms with Gasteiger partial charge < -0.3 is 11.1 Å². The Morgan fingerprint density at radius 2 is 1.95 bits per heavy atom. The van der Waals surface area contributed by atoms with Crippen molar-refractivity contribution in [2.45, 2.75) is 56.9 Å². The average molecular weight is 309 g/mol. The molecule has 1 atom stereocenters. The quantitative estimate of drug-likeness (QED) is 0.846. The highest BCUT2D eigenvalue weighted by Gasteiger charge is 2.35. The minimum absolute atomic E-state index is 0.0763. The second-order valence-corrected chi connectivity index (χ2v) is 6.72. The molecule has 1 aliphatic rings. The summed E-state index contributed by atoms with van der Waals surface area (Å²) in [5, 5.41) is 3.86. The molecular weight excluding hydrogens is 284 g/mol. The number of benzene rings is 1. The molecule has 2 rings (SSSR count). The molecule has 0 saturated heterocycles. The summed E-state index contributed by atoms with van der Waals surface area (Å²) in [5.41, 5.74) is 7.06. The Morgan fingerprint density at radius 1 is 1.33 bits per heavy atom. The van der Waals surface area contributed by atoms with E-state index >= 15 is 0 Å². The van der Waals surface area contributed by atoms with Gasteiger partial charge in [-0.15, -0.1) is 0 Å². The van der Waals surface area contributed by atoms with E-state index < -0.39 is 0 Å². The Labute approximate surface area is 132 Å². The average Bonchev–Trinajstić information content (AvgIpc) is 2.93. The molecule has 1 saturated carbocycles. The van der Waals surface area contributed by atoms with Crippen molar-refractivity contribution in [1.29, 1.82) is 0 Å². The first kappa shape index (κ1) is 16.3. The zero-order chi connectivity index (χ0) is 15.3. The number of hydrogen-bond acceptors (Lipinski definition) is 2. The predicted molar refractivity (Wildman–Crippen MR) is 87.5 cm³/mol. The molecule has 1 fully saturated rings. The van der Waals surface area contributed by atoms with Gasteiger partial charge in [-0.3, -0.25) is 4.79 Å². The van der Waals surface area contributed by atoms with Crippen LogP contribution in [-0.2, 0) is 10.2 Å². The summed E-state index contributed by atoms with van der Waals surface area (Å²) >= 11 is 5.98. The third-order valence-corrected chi connectivity index (χ3v) is 4.72. The van der Waals surface area contributed by atoms with Crippen LogP contribution in [0, 0.1) is 0 Å². The summed E-state index contributed by atoms with van der Waals surface area (Å²) in [5.74, 6) is 0.104. The van der Waals surface area contributed by atoms with Crippen LogP contribution in [0.2, 0.25) is 5.02 Å². The number of carbonyl (C=O) groups is 1. The summed E-state index contributed by atoms with van der Waals surface area (Å²) in [6, 6.07) is 8.15. The van der Waals surface area contributed by atoms with Crippen molar-refractivity contribution < 1.29 is 4.79 Å². The molecule has 0 radical (unpaired) electrons. The van der Waals surface area contributed by atoms with Crippen molar-refractivity contribution in [3.8, 4) is 0 Å². The molecule has 21 heavy (non-hydrogen) atoms. The van der Waals surface area contributed by atoms with Crippen molar-refractivity contribution in [3.63, 3.8) is 0 Å². The second kappa shape index (κ2) is 7.28. The molecule has 1 aliphatic carbocycles. The summed E-state index contributed by atoms with van der Waals surface area (Å²) in [6.45, 7) is 2.64. The molecule has 1 aromatic carbocycles. The van der Waals surface area contributed by atoms with E-state index in [1.165, 1.54) is 18.4 Å². The van der Waals surface area contributed by atoms with Gasteiger partial charge in [-0.2, -0.15) is 0 Å². The van der Waals surface area contributed by atoms with Crippen LogP contribution >= 0.6 is 11.6 Å². The minimum Gasteiger partial charge on any atom is -0.355 e. The first-order valence-electron chi connectivity index (χ1n) is 7.80. The molecule has 4 heteroatoms. The molecule has 0 bridgehead atoms. The van der Waals surface area contributed by atoms with Gasteiger partial charge in [0.15, 0.2) is 0 Å². The minimum atomic E-state index is 0.0763. The van der Waals surface area contributed by atoms with Gasteiger partial charge in [0, 0.05) is 29.4 Å². The van der Waals surface area contributed by atoms with E-state index in [-0.39, 0.29) is 17.4 Å². The Balaban J connectivity index is 1.99. The van der Waals surface area contributed by atoms with Crippen molar-refractivity contribution in [3.05, 3.63) is 34.9 Å². The van der Waals surface area contributed by atoms with Crippen molar-refractivity contribution in [2.75, 3.05) is 6.54 Å². The lowest BCUT2D eigenvalue weighted by atomic mass is 9.79. The van der Waals surface area contributed by atoms with Gasteiger partial charge in [0.2, 0.25) is 5.91 Å². The van der Waals surface area contributed by atoms with Crippen molar-refractivity contribution in [1.82, 2.24) is 5.32 Å². The van der Waals surface area contributed by atoms with Crippen LogP contribution < -0.4 is 11.1 Å². The highest BCUT2D eigenvalue weighted by Crippen LogP contribution is 2.40. The van der Waals surface area contributed by atoms with E-state index in [4.69, 9.17) is 17.3 Å². The van der Waals surface area contributed by atoms with Crippen molar-refractivity contribution >= 4 is 17.5 Å². The van der Waals surface area contributed by atoms with E-state index in [1.54, 1.807) is 0 Å². The number of nitrogens with two attached hydrogens (primary N) is 1. The van der Waals surface area contributed by atoms with E-state index in [2.05, 4.69) is 17.4 Å². The lowest BCUT2D eigenvalue weighted by Gasteiger charge is -2.30. The summed E-state index contributed by atoms with van der Waals surface area (Å²) < 4.78 is 0. The largest absolute Gasteiger partial charge is 0.355 e. The number of carbonyl (C=O) groups excluding carboxylic acids is 1. The van der Waals surface area contributed by atoms with Gasteiger partial charge in [0.25, 0.3) is 0 Å². The maximum absolute atomic E-state index is 11.9. The molecule has 1 unspecified atom stereocenters. The summed E-state index contributed by atoms with van der Waals surface area (Å²) in [4.78, 5) is 11.9. The van der Waals surface area contributed by atoms with Crippen LogP contribution in [0.25, 0.3) is 0 Å². The molecule has 0 aliphatic heterocycles. The van der Waals surface area contributed by atoms with Gasteiger partial charge in [0.1, 0.15) is 0 Å². The number of rotatable bonds is 6. The monoisotopic (exact) mass is 308 g/mol. The standard InChI is InChI=1S/C17H25ClN2O/c1-13(19)4-9-16(21)20-12-17(10-2-3-11-17)14-5-7-15(18)8-6-14/h5-8,13H,2-4,9-12,19H2,1H3,(H,20,21). The smallest absolute Gasteiger partial charge is 0.220 e. The van der Waals surface area contributed by atoms with Gasteiger partial charge in [-0.25, -0.2) is 0 Å². The highest BCUT2D eigenvalue weighted by atomic mass is 35.5. The molecule has 0 heterocycles. The number of hydrogen-bond donors (Lipinski definition) is 2. The van der Waals surface area contributed by atoms with Crippen LogP contribution in [0.3, 0.4) is 0 Å². The zero-order valence-corrected chi connectivity index (χ0v) is 13.5. The Kier molecular flexibility index (Phi) is 5.65. The van der Waals surface area contributed by atoms with Gasteiger partial charge >= 0.3 is 0 Å². The summed E-state index contributed by atoms with van der Waals surface area (Å²) in [6.07, 6.45) is 5.94. The highest BCUT2D eigenvalue weighted by molar-refractivity contribution is 6.30. The Bertz CT molecular complexity index is 464. The van der Waals surface area contributed by atoms with Crippen LogP contribution in [0.5, 0.6) is 0 Å².